The molecule has 1 atom stereocenters. The number of benzene rings is 1. The van der Waals surface area contributed by atoms with E-state index in [-0.39, 0.29) is 12.1 Å². The van der Waals surface area contributed by atoms with Crippen molar-refractivity contribution >= 4 is 5.97 Å². The van der Waals surface area contributed by atoms with Gasteiger partial charge in [-0.1, -0.05) is 25.1 Å². The number of alkyl halides is 3. The average Bonchev–Trinajstić information content (AvgIpc) is 2.28. The van der Waals surface area contributed by atoms with Crippen molar-refractivity contribution in [1.29, 1.82) is 0 Å². The minimum absolute atomic E-state index is 0.0551. The van der Waals surface area contributed by atoms with Crippen molar-refractivity contribution in [2.45, 2.75) is 32.1 Å². The van der Waals surface area contributed by atoms with Crippen LogP contribution in [0.4, 0.5) is 13.2 Å². The van der Waals surface area contributed by atoms with Crippen LogP contribution in [0.2, 0.25) is 0 Å². The molecule has 0 bridgehead atoms. The van der Waals surface area contributed by atoms with E-state index >= 15 is 0 Å². The van der Waals surface area contributed by atoms with Gasteiger partial charge in [0.15, 0.2) is 0 Å². The smallest absolute Gasteiger partial charge is 0.416 e. The maximum absolute atomic E-state index is 12.8. The van der Waals surface area contributed by atoms with Crippen LogP contribution in [0.3, 0.4) is 0 Å². The molecule has 3 nitrogen and oxygen atoms in total. The predicted octanol–water partition coefficient (Wildman–Crippen LogP) is 3.00. The first-order valence-corrected chi connectivity index (χ1v) is 5.85. The molecule has 0 aliphatic heterocycles. The standard InChI is InChI=1S/C13H16F3NO2/c1-3-11(12(18)19)17(2)8-9-6-4-5-7-10(9)13(14,15)16/h4-7,11H,3,8H2,1-2H3,(H,18,19). The van der Waals surface area contributed by atoms with E-state index < -0.39 is 23.8 Å². The Morgan fingerprint density at radius 2 is 1.95 bits per heavy atom. The van der Waals surface area contributed by atoms with Crippen LogP contribution in [0.25, 0.3) is 0 Å². The maximum atomic E-state index is 12.8. The monoisotopic (exact) mass is 275 g/mol. The van der Waals surface area contributed by atoms with Crippen molar-refractivity contribution in [3.05, 3.63) is 35.4 Å². The molecule has 0 amide bonds. The fourth-order valence-corrected chi connectivity index (χ4v) is 1.99. The summed E-state index contributed by atoms with van der Waals surface area (Å²) < 4.78 is 38.4. The van der Waals surface area contributed by atoms with Crippen molar-refractivity contribution in [2.24, 2.45) is 0 Å². The van der Waals surface area contributed by atoms with E-state index in [4.69, 9.17) is 5.11 Å². The first kappa shape index (κ1) is 15.5. The Balaban J connectivity index is 2.97. The third-order valence-corrected chi connectivity index (χ3v) is 2.95. The van der Waals surface area contributed by atoms with E-state index in [1.165, 1.54) is 30.1 Å². The topological polar surface area (TPSA) is 40.5 Å². The summed E-state index contributed by atoms with van der Waals surface area (Å²) in [7, 11) is 1.51. The molecule has 1 aromatic carbocycles. The number of hydrogen-bond donors (Lipinski definition) is 1. The highest BCUT2D eigenvalue weighted by atomic mass is 19.4. The van der Waals surface area contributed by atoms with Gasteiger partial charge >= 0.3 is 12.1 Å². The van der Waals surface area contributed by atoms with Gasteiger partial charge in [0.05, 0.1) is 5.56 Å². The quantitative estimate of drug-likeness (QED) is 0.898. The highest BCUT2D eigenvalue weighted by molar-refractivity contribution is 5.73. The van der Waals surface area contributed by atoms with Gasteiger partial charge in [-0.3, -0.25) is 9.69 Å². The molecular formula is C13H16F3NO2. The zero-order chi connectivity index (χ0) is 14.6. The van der Waals surface area contributed by atoms with Gasteiger partial charge in [0.1, 0.15) is 6.04 Å². The van der Waals surface area contributed by atoms with E-state index in [0.29, 0.717) is 6.42 Å². The van der Waals surface area contributed by atoms with Crippen LogP contribution in [-0.2, 0) is 17.5 Å². The molecule has 0 aliphatic rings. The molecular weight excluding hydrogens is 259 g/mol. The van der Waals surface area contributed by atoms with Crippen molar-refractivity contribution in [2.75, 3.05) is 7.05 Å². The second kappa shape index (κ2) is 6.06. The first-order chi connectivity index (χ1) is 8.77. The second-order valence-electron chi connectivity index (χ2n) is 4.33. The van der Waals surface area contributed by atoms with Crippen LogP contribution in [0.15, 0.2) is 24.3 Å². The Hall–Kier alpha value is -1.56. The Labute approximate surface area is 109 Å². The molecule has 6 heteroatoms. The Morgan fingerprint density at radius 1 is 1.37 bits per heavy atom. The minimum atomic E-state index is -4.43. The number of halogens is 3. The van der Waals surface area contributed by atoms with Gasteiger partial charge < -0.3 is 5.11 Å². The maximum Gasteiger partial charge on any atom is 0.416 e. The summed E-state index contributed by atoms with van der Waals surface area (Å²) in [6.45, 7) is 1.63. The van der Waals surface area contributed by atoms with Crippen molar-refractivity contribution in [1.82, 2.24) is 4.90 Å². The van der Waals surface area contributed by atoms with Crippen LogP contribution in [0.1, 0.15) is 24.5 Å². The molecule has 0 radical (unpaired) electrons. The Bertz CT molecular complexity index is 446. The second-order valence-corrected chi connectivity index (χ2v) is 4.33. The van der Waals surface area contributed by atoms with E-state index in [1.54, 1.807) is 6.92 Å². The number of nitrogens with zero attached hydrogens (tertiary/aromatic N) is 1. The number of carboxylic acid groups (broad SMARTS) is 1. The fraction of sp³-hybridized carbons (Fsp3) is 0.462. The van der Waals surface area contributed by atoms with Crippen molar-refractivity contribution < 1.29 is 23.1 Å². The third kappa shape index (κ3) is 3.96. The summed E-state index contributed by atoms with van der Waals surface area (Å²) >= 11 is 0. The molecule has 106 valence electrons. The Morgan fingerprint density at radius 3 is 2.42 bits per heavy atom. The van der Waals surface area contributed by atoms with Gasteiger partial charge in [-0.15, -0.1) is 0 Å². The van der Waals surface area contributed by atoms with E-state index in [1.807, 2.05) is 0 Å². The summed E-state index contributed by atoms with van der Waals surface area (Å²) in [5.41, 5.74) is -0.640. The third-order valence-electron chi connectivity index (χ3n) is 2.95. The molecule has 0 aromatic heterocycles. The Kier molecular flexibility index (Phi) is 4.94. The molecule has 1 unspecified atom stereocenters. The zero-order valence-corrected chi connectivity index (χ0v) is 10.7. The van der Waals surface area contributed by atoms with Gasteiger partial charge in [0.25, 0.3) is 0 Å². The van der Waals surface area contributed by atoms with Crippen molar-refractivity contribution in [3.63, 3.8) is 0 Å². The lowest BCUT2D eigenvalue weighted by Gasteiger charge is -2.25. The molecule has 0 heterocycles. The van der Waals surface area contributed by atoms with Crippen LogP contribution in [0.5, 0.6) is 0 Å². The van der Waals surface area contributed by atoms with E-state index in [2.05, 4.69) is 0 Å². The van der Waals surface area contributed by atoms with Crippen LogP contribution in [0, 0.1) is 0 Å². The number of aliphatic carboxylic acids is 1. The molecule has 0 saturated heterocycles. The number of carboxylic acids is 1. The first-order valence-electron chi connectivity index (χ1n) is 5.85. The van der Waals surface area contributed by atoms with Crippen LogP contribution < -0.4 is 0 Å². The lowest BCUT2D eigenvalue weighted by atomic mass is 10.1. The van der Waals surface area contributed by atoms with Gasteiger partial charge in [0, 0.05) is 6.54 Å². The summed E-state index contributed by atoms with van der Waals surface area (Å²) in [6.07, 6.45) is -4.09. The summed E-state index contributed by atoms with van der Waals surface area (Å²) in [5, 5.41) is 8.99. The van der Waals surface area contributed by atoms with E-state index in [0.717, 1.165) is 6.07 Å². The van der Waals surface area contributed by atoms with Crippen LogP contribution >= 0.6 is 0 Å². The molecule has 0 fully saturated rings. The molecule has 19 heavy (non-hydrogen) atoms. The number of hydrogen-bond acceptors (Lipinski definition) is 2. The summed E-state index contributed by atoms with van der Waals surface area (Å²) in [4.78, 5) is 12.4. The molecule has 0 spiro atoms. The molecule has 1 aromatic rings. The molecule has 1 N–H and O–H groups in total. The average molecular weight is 275 g/mol. The lowest BCUT2D eigenvalue weighted by Crippen LogP contribution is -2.37. The normalized spacial score (nSPS) is 13.6. The summed E-state index contributed by atoms with van der Waals surface area (Å²) in [5.74, 6) is -1.03. The van der Waals surface area contributed by atoms with Gasteiger partial charge in [0.2, 0.25) is 0 Å². The van der Waals surface area contributed by atoms with Crippen LogP contribution in [-0.4, -0.2) is 29.1 Å². The van der Waals surface area contributed by atoms with Gasteiger partial charge in [-0.2, -0.15) is 13.2 Å². The van der Waals surface area contributed by atoms with Gasteiger partial charge in [-0.05, 0) is 25.1 Å². The zero-order valence-electron chi connectivity index (χ0n) is 10.7. The highest BCUT2D eigenvalue weighted by Gasteiger charge is 2.33. The number of rotatable bonds is 5. The van der Waals surface area contributed by atoms with Gasteiger partial charge in [-0.25, -0.2) is 0 Å². The molecule has 1 rings (SSSR count). The molecule has 0 aliphatic carbocycles. The molecule has 0 saturated carbocycles. The largest absolute Gasteiger partial charge is 0.480 e. The number of carbonyl (C=O) groups is 1. The lowest BCUT2D eigenvalue weighted by molar-refractivity contribution is -0.143. The van der Waals surface area contributed by atoms with E-state index in [9.17, 15) is 18.0 Å². The SMILES string of the molecule is CCC(C(=O)O)N(C)Cc1ccccc1C(F)(F)F. The minimum Gasteiger partial charge on any atom is -0.480 e. The predicted molar refractivity (Wildman–Crippen MR) is 64.6 cm³/mol. The number of likely N-dealkylation sites (N-methyl/N-ethyl adjacent to an activating group) is 1. The summed E-state index contributed by atoms with van der Waals surface area (Å²) in [6, 6.07) is 4.42. The fourth-order valence-electron chi connectivity index (χ4n) is 1.99. The highest BCUT2D eigenvalue weighted by Crippen LogP contribution is 2.32. The van der Waals surface area contributed by atoms with Crippen molar-refractivity contribution in [3.8, 4) is 0 Å².